The monoisotopic (exact) mass is 390 g/mol. The Hall–Kier alpha value is -2.02. The summed E-state index contributed by atoms with van der Waals surface area (Å²) in [5.41, 5.74) is 1.67. The Morgan fingerprint density at radius 2 is 2.08 bits per heavy atom. The number of carbonyl (C=O) groups excluding carboxylic acids is 1. The van der Waals surface area contributed by atoms with E-state index in [1.165, 1.54) is 16.7 Å². The van der Waals surface area contributed by atoms with Crippen LogP contribution in [0.25, 0.3) is 6.08 Å². The number of carbonyl (C=O) groups is 1. The first-order valence-electron chi connectivity index (χ1n) is 7.46. The van der Waals surface area contributed by atoms with Crippen LogP contribution in [-0.2, 0) is 4.79 Å². The Labute approximate surface area is 160 Å². The molecule has 25 heavy (non-hydrogen) atoms. The molecule has 0 spiro atoms. The minimum absolute atomic E-state index is 0.127. The number of hydrogen-bond donors (Lipinski definition) is 1. The minimum atomic E-state index is -0.127. The molecule has 1 amide bonds. The molecule has 2 aromatic rings. The molecule has 1 fully saturated rings. The fraction of sp³-hybridized carbons (Fsp3) is 0.111. The van der Waals surface area contributed by atoms with E-state index in [9.17, 15) is 4.79 Å². The summed E-state index contributed by atoms with van der Waals surface area (Å²) < 4.78 is 5.81. The van der Waals surface area contributed by atoms with Crippen molar-refractivity contribution in [3.8, 4) is 5.75 Å². The van der Waals surface area contributed by atoms with Crippen LogP contribution in [0.15, 0.2) is 53.4 Å². The highest BCUT2D eigenvalue weighted by Crippen LogP contribution is 2.33. The van der Waals surface area contributed by atoms with Crippen LogP contribution in [0.3, 0.4) is 0 Å². The van der Waals surface area contributed by atoms with Crippen LogP contribution >= 0.6 is 35.6 Å². The number of benzene rings is 2. The average molecular weight is 391 g/mol. The van der Waals surface area contributed by atoms with E-state index in [1.54, 1.807) is 25.3 Å². The molecule has 2 aromatic carbocycles. The van der Waals surface area contributed by atoms with Crippen LogP contribution in [0.4, 0.5) is 5.69 Å². The van der Waals surface area contributed by atoms with Gasteiger partial charge in [-0.2, -0.15) is 0 Å². The maximum Gasteiger partial charge on any atom is 0.267 e. The molecule has 0 radical (unpaired) electrons. The first-order chi connectivity index (χ1) is 12.1. The summed E-state index contributed by atoms with van der Waals surface area (Å²) >= 11 is 12.6. The van der Waals surface area contributed by atoms with Crippen molar-refractivity contribution < 1.29 is 9.53 Å². The van der Waals surface area contributed by atoms with Gasteiger partial charge in [-0.05, 0) is 35.9 Å². The van der Waals surface area contributed by atoms with E-state index in [4.69, 9.17) is 28.6 Å². The topological polar surface area (TPSA) is 41.6 Å². The lowest BCUT2D eigenvalue weighted by atomic mass is 10.2. The van der Waals surface area contributed by atoms with Crippen molar-refractivity contribution in [1.82, 2.24) is 4.90 Å². The molecule has 128 valence electrons. The molecule has 0 unspecified atom stereocenters. The molecule has 1 saturated heterocycles. The number of hydrogen-bond acceptors (Lipinski definition) is 5. The first-order valence-corrected chi connectivity index (χ1v) is 9.06. The van der Waals surface area contributed by atoms with Gasteiger partial charge in [-0.3, -0.25) is 9.69 Å². The van der Waals surface area contributed by atoms with Gasteiger partial charge in [0.05, 0.1) is 24.4 Å². The molecular weight excluding hydrogens is 376 g/mol. The van der Waals surface area contributed by atoms with Crippen LogP contribution < -0.4 is 10.1 Å². The van der Waals surface area contributed by atoms with E-state index in [2.05, 4.69) is 5.32 Å². The number of nitrogens with one attached hydrogen (secondary N) is 1. The Morgan fingerprint density at radius 1 is 1.28 bits per heavy atom. The van der Waals surface area contributed by atoms with Crippen LogP contribution in [-0.4, -0.2) is 28.9 Å². The number of amides is 1. The van der Waals surface area contributed by atoms with Crippen molar-refractivity contribution in [3.05, 3.63) is 64.0 Å². The summed E-state index contributed by atoms with van der Waals surface area (Å²) in [6.45, 7) is 0.276. The van der Waals surface area contributed by atoms with Gasteiger partial charge >= 0.3 is 0 Å². The summed E-state index contributed by atoms with van der Waals surface area (Å²) in [6.07, 6.45) is 1.80. The van der Waals surface area contributed by atoms with Gasteiger partial charge in [0.25, 0.3) is 5.91 Å². The zero-order valence-corrected chi connectivity index (χ0v) is 15.8. The fourth-order valence-electron chi connectivity index (χ4n) is 2.34. The molecule has 4 nitrogen and oxygen atoms in total. The van der Waals surface area contributed by atoms with E-state index in [0.717, 1.165) is 11.3 Å². The van der Waals surface area contributed by atoms with Crippen molar-refractivity contribution in [3.63, 3.8) is 0 Å². The second kappa shape index (κ2) is 7.91. The predicted octanol–water partition coefficient (Wildman–Crippen LogP) is 4.62. The van der Waals surface area contributed by atoms with Crippen molar-refractivity contribution in [1.29, 1.82) is 0 Å². The third kappa shape index (κ3) is 4.15. The van der Waals surface area contributed by atoms with Gasteiger partial charge in [0.2, 0.25) is 0 Å². The number of anilines is 1. The number of ether oxygens (including phenoxy) is 1. The number of nitrogens with zero attached hydrogens (tertiary/aromatic N) is 1. The zero-order valence-electron chi connectivity index (χ0n) is 13.4. The molecule has 0 atom stereocenters. The van der Waals surface area contributed by atoms with Crippen molar-refractivity contribution in [2.45, 2.75) is 0 Å². The molecule has 1 N–H and O–H groups in total. The number of thiocarbonyl (C=S) groups is 1. The van der Waals surface area contributed by atoms with Crippen molar-refractivity contribution >= 4 is 57.6 Å². The SMILES string of the molecule is COc1ccccc1NCN1C(=O)/C(=C/c2cccc(Cl)c2)SC1=S. The molecule has 7 heteroatoms. The second-order valence-corrected chi connectivity index (χ2v) is 7.31. The van der Waals surface area contributed by atoms with E-state index in [-0.39, 0.29) is 12.6 Å². The Kier molecular flexibility index (Phi) is 5.63. The number of halogens is 1. The molecule has 3 rings (SSSR count). The van der Waals surface area contributed by atoms with E-state index in [0.29, 0.717) is 20.0 Å². The van der Waals surface area contributed by atoms with Gasteiger partial charge in [-0.25, -0.2) is 0 Å². The van der Waals surface area contributed by atoms with Crippen molar-refractivity contribution in [2.75, 3.05) is 19.1 Å². The van der Waals surface area contributed by atoms with Crippen LogP contribution in [0.2, 0.25) is 5.02 Å². The maximum absolute atomic E-state index is 12.6. The predicted molar refractivity (Wildman–Crippen MR) is 108 cm³/mol. The molecule has 0 aliphatic carbocycles. The van der Waals surface area contributed by atoms with E-state index < -0.39 is 0 Å². The van der Waals surface area contributed by atoms with Crippen molar-refractivity contribution in [2.24, 2.45) is 0 Å². The number of rotatable bonds is 5. The highest BCUT2D eigenvalue weighted by atomic mass is 35.5. The summed E-state index contributed by atoms with van der Waals surface area (Å²) in [7, 11) is 1.61. The Balaban J connectivity index is 1.73. The number of para-hydroxylation sites is 2. The largest absolute Gasteiger partial charge is 0.495 e. The van der Waals surface area contributed by atoms with Gasteiger partial charge in [-0.1, -0.05) is 59.8 Å². The number of thioether (sulfide) groups is 1. The van der Waals surface area contributed by atoms with Gasteiger partial charge < -0.3 is 10.1 Å². The Bertz CT molecular complexity index is 854. The van der Waals surface area contributed by atoms with Gasteiger partial charge in [-0.15, -0.1) is 0 Å². The lowest BCUT2D eigenvalue weighted by Crippen LogP contribution is -2.33. The Morgan fingerprint density at radius 3 is 2.84 bits per heavy atom. The standard InChI is InChI=1S/C18H15ClN2O2S2/c1-23-15-8-3-2-7-14(15)20-11-21-17(22)16(25-18(21)24)10-12-5-4-6-13(19)9-12/h2-10,20H,11H2,1H3/b16-10-. The number of methoxy groups -OCH3 is 1. The summed E-state index contributed by atoms with van der Waals surface area (Å²) in [4.78, 5) is 14.7. The third-order valence-electron chi connectivity index (χ3n) is 3.55. The van der Waals surface area contributed by atoms with E-state index >= 15 is 0 Å². The van der Waals surface area contributed by atoms with Crippen LogP contribution in [0.5, 0.6) is 5.75 Å². The average Bonchev–Trinajstić information content (AvgIpc) is 2.87. The minimum Gasteiger partial charge on any atom is -0.495 e. The van der Waals surface area contributed by atoms with Crippen LogP contribution in [0, 0.1) is 0 Å². The van der Waals surface area contributed by atoms with Crippen LogP contribution in [0.1, 0.15) is 5.56 Å². The summed E-state index contributed by atoms with van der Waals surface area (Å²) in [5, 5.41) is 3.82. The molecule has 0 aromatic heterocycles. The summed E-state index contributed by atoms with van der Waals surface area (Å²) in [5.74, 6) is 0.583. The molecule has 1 aliphatic heterocycles. The lowest BCUT2D eigenvalue weighted by molar-refractivity contribution is -0.121. The maximum atomic E-state index is 12.6. The van der Waals surface area contributed by atoms with Gasteiger partial charge in [0, 0.05) is 5.02 Å². The molecule has 1 heterocycles. The highest BCUT2D eigenvalue weighted by Gasteiger charge is 2.31. The van der Waals surface area contributed by atoms with Gasteiger partial charge in [0.15, 0.2) is 0 Å². The lowest BCUT2D eigenvalue weighted by Gasteiger charge is -2.17. The normalized spacial score (nSPS) is 15.8. The highest BCUT2D eigenvalue weighted by molar-refractivity contribution is 8.26. The van der Waals surface area contributed by atoms with Gasteiger partial charge in [0.1, 0.15) is 10.1 Å². The molecule has 1 aliphatic rings. The molecule has 0 bridgehead atoms. The molecule has 0 saturated carbocycles. The molecular formula is C18H15ClN2O2S2. The second-order valence-electron chi connectivity index (χ2n) is 5.20. The zero-order chi connectivity index (χ0) is 17.8. The fourth-order valence-corrected chi connectivity index (χ4v) is 3.79. The third-order valence-corrected chi connectivity index (χ3v) is 5.17. The quantitative estimate of drug-likeness (QED) is 0.596. The summed E-state index contributed by atoms with van der Waals surface area (Å²) in [6, 6.07) is 14.9. The van der Waals surface area contributed by atoms with E-state index in [1.807, 2.05) is 36.4 Å². The first kappa shape index (κ1) is 17.8. The smallest absolute Gasteiger partial charge is 0.267 e.